The topological polar surface area (TPSA) is 26.3 Å². The van der Waals surface area contributed by atoms with Crippen molar-refractivity contribution in [2.45, 2.75) is 12.5 Å². The van der Waals surface area contributed by atoms with Crippen molar-refractivity contribution in [3.05, 3.63) is 0 Å². The molecule has 0 bridgehead atoms. The van der Waals surface area contributed by atoms with Gasteiger partial charge in [0.2, 0.25) is 0 Å². The van der Waals surface area contributed by atoms with Gasteiger partial charge in [-0.3, -0.25) is 0 Å². The highest BCUT2D eigenvalue weighted by atomic mass is 19.4. The highest BCUT2D eigenvalue weighted by molar-refractivity contribution is 5.75. The van der Waals surface area contributed by atoms with Crippen molar-refractivity contribution in [2.24, 2.45) is 0 Å². The largest absolute Gasteiger partial charge is 0.575 e. The molecule has 0 fully saturated rings. The molecule has 0 aliphatic rings. The fourth-order valence-corrected chi connectivity index (χ4v) is 0.163. The number of carbonyl (C=O) groups is 1. The van der Waals surface area contributed by atoms with E-state index in [1.165, 1.54) is 0 Å². The first-order valence-corrected chi connectivity index (χ1v) is 2.00. The van der Waals surface area contributed by atoms with Gasteiger partial charge in [0.25, 0.3) is 0 Å². The van der Waals surface area contributed by atoms with Crippen LogP contribution in [0.5, 0.6) is 0 Å². The maximum atomic E-state index is 11.0. The molecule has 66 valence electrons. The van der Waals surface area contributed by atoms with Gasteiger partial charge >= 0.3 is 18.5 Å². The number of carbonyl (C=O) groups excluding carboxylic acids is 1. The lowest BCUT2D eigenvalue weighted by Crippen LogP contribution is -2.31. The highest BCUT2D eigenvalue weighted by Crippen LogP contribution is 2.23. The van der Waals surface area contributed by atoms with Crippen molar-refractivity contribution in [1.82, 2.24) is 0 Å². The van der Waals surface area contributed by atoms with E-state index in [1.807, 2.05) is 4.74 Å². The van der Waals surface area contributed by atoms with Crippen LogP contribution in [-0.2, 0) is 9.53 Å². The molecule has 11 heavy (non-hydrogen) atoms. The Bertz CT molecular complexity index is 154. The average Bonchev–Trinajstić information content (AvgIpc) is 1.56. The van der Waals surface area contributed by atoms with Crippen LogP contribution in [0.4, 0.5) is 26.3 Å². The van der Waals surface area contributed by atoms with Gasteiger partial charge in [0, 0.05) is 0 Å². The molecule has 0 N–H and O–H groups in total. The molecule has 0 aromatic carbocycles. The van der Waals surface area contributed by atoms with Crippen molar-refractivity contribution in [3.8, 4) is 0 Å². The van der Waals surface area contributed by atoms with Gasteiger partial charge < -0.3 is 4.74 Å². The normalized spacial score (nSPS) is 12.9. The summed E-state index contributed by atoms with van der Waals surface area (Å²) in [5, 5.41) is 0. The van der Waals surface area contributed by atoms with Crippen LogP contribution in [0.15, 0.2) is 0 Å². The summed E-state index contributed by atoms with van der Waals surface area (Å²) in [6.45, 7) is 0. The molecule has 0 aliphatic carbocycles. The number of ether oxygens (including phenoxy) is 1. The lowest BCUT2D eigenvalue weighted by molar-refractivity contribution is -0.322. The Labute approximate surface area is 55.7 Å². The SMILES string of the molecule is O=C(OC(F)(F)F)C(F)(F)F. The second kappa shape index (κ2) is 2.59. The average molecular weight is 182 g/mol. The Morgan fingerprint density at radius 2 is 1.36 bits per heavy atom. The lowest BCUT2D eigenvalue weighted by Gasteiger charge is -2.08. The summed E-state index contributed by atoms with van der Waals surface area (Å²) in [5.41, 5.74) is 0. The Kier molecular flexibility index (Phi) is 2.37. The monoisotopic (exact) mass is 182 g/mol. The zero-order valence-electron chi connectivity index (χ0n) is 4.58. The van der Waals surface area contributed by atoms with Gasteiger partial charge in [0.05, 0.1) is 0 Å². The second-order valence-corrected chi connectivity index (χ2v) is 1.33. The third-order valence-corrected chi connectivity index (χ3v) is 0.440. The van der Waals surface area contributed by atoms with E-state index in [-0.39, 0.29) is 0 Å². The molecule has 0 unspecified atom stereocenters. The van der Waals surface area contributed by atoms with E-state index in [4.69, 9.17) is 0 Å². The van der Waals surface area contributed by atoms with Crippen molar-refractivity contribution in [1.29, 1.82) is 0 Å². The Hall–Kier alpha value is -0.950. The van der Waals surface area contributed by atoms with Gasteiger partial charge in [0.1, 0.15) is 0 Å². The molecule has 2 nitrogen and oxygen atoms in total. The summed E-state index contributed by atoms with van der Waals surface area (Å²) in [5.74, 6) is -3.27. The van der Waals surface area contributed by atoms with E-state index in [0.717, 1.165) is 0 Å². The first kappa shape index (κ1) is 10.1. The molecule has 0 radical (unpaired) electrons. The molecule has 8 heteroatoms. The molecule has 0 rings (SSSR count). The van der Waals surface area contributed by atoms with Crippen molar-refractivity contribution in [2.75, 3.05) is 0 Å². The number of alkyl halides is 6. The first-order valence-electron chi connectivity index (χ1n) is 2.00. The van der Waals surface area contributed by atoms with Crippen LogP contribution in [0, 0.1) is 0 Å². The fraction of sp³-hybridized carbons (Fsp3) is 0.667. The van der Waals surface area contributed by atoms with Crippen LogP contribution >= 0.6 is 0 Å². The maximum Gasteiger partial charge on any atom is 0.575 e. The van der Waals surface area contributed by atoms with Crippen molar-refractivity contribution in [3.63, 3.8) is 0 Å². The summed E-state index contributed by atoms with van der Waals surface area (Å²) in [6.07, 6.45) is -11.2. The van der Waals surface area contributed by atoms with E-state index < -0.39 is 18.5 Å². The number of hydrogen-bond donors (Lipinski definition) is 0. The lowest BCUT2D eigenvalue weighted by atomic mass is 10.7. The predicted octanol–water partition coefficient (Wildman–Crippen LogP) is 1.61. The molecule has 0 aliphatic heterocycles. The first-order chi connectivity index (χ1) is 4.63. The van der Waals surface area contributed by atoms with Crippen LogP contribution in [0.2, 0.25) is 0 Å². The smallest absolute Gasteiger partial charge is 0.366 e. The minimum Gasteiger partial charge on any atom is -0.366 e. The minimum atomic E-state index is -5.62. The number of esters is 1. The van der Waals surface area contributed by atoms with Crippen LogP contribution in [0.3, 0.4) is 0 Å². The van der Waals surface area contributed by atoms with Gasteiger partial charge in [-0.1, -0.05) is 0 Å². The van der Waals surface area contributed by atoms with E-state index >= 15 is 0 Å². The van der Waals surface area contributed by atoms with Crippen LogP contribution in [0.25, 0.3) is 0 Å². The second-order valence-electron chi connectivity index (χ2n) is 1.33. The van der Waals surface area contributed by atoms with Gasteiger partial charge in [-0.15, -0.1) is 13.2 Å². The summed E-state index contributed by atoms with van der Waals surface area (Å²) >= 11 is 0. The van der Waals surface area contributed by atoms with E-state index in [9.17, 15) is 31.1 Å². The van der Waals surface area contributed by atoms with Gasteiger partial charge in [0.15, 0.2) is 0 Å². The Morgan fingerprint density at radius 1 is 1.00 bits per heavy atom. The summed E-state index contributed by atoms with van der Waals surface area (Å²) in [6, 6.07) is 0. The maximum absolute atomic E-state index is 11.0. The molecule has 0 spiro atoms. The molecular weight excluding hydrogens is 182 g/mol. The van der Waals surface area contributed by atoms with E-state index in [1.54, 1.807) is 0 Å². The van der Waals surface area contributed by atoms with Crippen molar-refractivity contribution >= 4 is 5.97 Å². The van der Waals surface area contributed by atoms with Crippen LogP contribution in [-0.4, -0.2) is 18.5 Å². The van der Waals surface area contributed by atoms with Gasteiger partial charge in [-0.2, -0.15) is 13.2 Å². The van der Waals surface area contributed by atoms with E-state index in [2.05, 4.69) is 0 Å². The zero-order chi connectivity index (χ0) is 9.28. The number of hydrogen-bond acceptors (Lipinski definition) is 2. The standard InChI is InChI=1S/C3F6O2/c4-2(5,6)1(10)11-3(7,8)9. The van der Waals surface area contributed by atoms with Gasteiger partial charge in [-0.05, 0) is 0 Å². The summed E-state index contributed by atoms with van der Waals surface area (Å²) in [4.78, 5) is 9.41. The number of rotatable bonds is 0. The third-order valence-electron chi connectivity index (χ3n) is 0.440. The highest BCUT2D eigenvalue weighted by Gasteiger charge is 2.48. The molecule has 0 amide bonds. The molecule has 0 heterocycles. The molecule has 0 aromatic rings. The molecule has 0 saturated carbocycles. The summed E-state index contributed by atoms with van der Waals surface area (Å²) in [7, 11) is 0. The minimum absolute atomic E-state index is 2.04. The number of halogens is 6. The van der Waals surface area contributed by atoms with Gasteiger partial charge in [-0.25, -0.2) is 4.79 Å². The Morgan fingerprint density at radius 3 is 1.45 bits per heavy atom. The van der Waals surface area contributed by atoms with Crippen LogP contribution in [0.1, 0.15) is 0 Å². The van der Waals surface area contributed by atoms with Crippen LogP contribution < -0.4 is 0 Å². The quantitative estimate of drug-likeness (QED) is 0.420. The zero-order valence-corrected chi connectivity index (χ0v) is 4.58. The fourth-order valence-electron chi connectivity index (χ4n) is 0.163. The summed E-state index contributed by atoms with van der Waals surface area (Å²) < 4.78 is 67.7. The predicted molar refractivity (Wildman–Crippen MR) is 18.2 cm³/mol. The van der Waals surface area contributed by atoms with E-state index in [0.29, 0.717) is 0 Å². The Balaban J connectivity index is 4.11. The van der Waals surface area contributed by atoms with Crippen molar-refractivity contribution < 1.29 is 35.9 Å². The molecular formula is C3F6O2. The third kappa shape index (κ3) is 4.45. The molecule has 0 atom stereocenters. The molecule has 0 saturated heterocycles. The molecule has 0 aromatic heterocycles.